The van der Waals surface area contributed by atoms with Crippen molar-refractivity contribution < 1.29 is 13.9 Å². The van der Waals surface area contributed by atoms with E-state index in [1.807, 2.05) is 36.5 Å². The summed E-state index contributed by atoms with van der Waals surface area (Å²) in [4.78, 5) is 9.55. The van der Waals surface area contributed by atoms with Crippen LogP contribution in [0.15, 0.2) is 71.5 Å². The van der Waals surface area contributed by atoms with E-state index < -0.39 is 0 Å². The van der Waals surface area contributed by atoms with E-state index in [-0.39, 0.29) is 12.0 Å². The van der Waals surface area contributed by atoms with Gasteiger partial charge in [0.25, 0.3) is 0 Å². The van der Waals surface area contributed by atoms with Gasteiger partial charge in [-0.2, -0.15) is 4.52 Å². The first-order valence-electron chi connectivity index (χ1n) is 12.2. The van der Waals surface area contributed by atoms with E-state index in [0.29, 0.717) is 41.2 Å². The Morgan fingerprint density at radius 2 is 1.97 bits per heavy atom. The van der Waals surface area contributed by atoms with Gasteiger partial charge in [-0.3, -0.25) is 0 Å². The Kier molecular flexibility index (Phi) is 5.97. The Morgan fingerprint density at radius 3 is 2.78 bits per heavy atom. The summed E-state index contributed by atoms with van der Waals surface area (Å²) in [6, 6.07) is 17.7. The molecular weight excluding hydrogens is 468 g/mol. The molecule has 1 aliphatic carbocycles. The molecule has 3 heterocycles. The Morgan fingerprint density at radius 1 is 1.11 bits per heavy atom. The molecule has 2 atom stereocenters. The highest BCUT2D eigenvalue weighted by Crippen LogP contribution is 2.41. The summed E-state index contributed by atoms with van der Waals surface area (Å²) in [7, 11) is 3.24. The second kappa shape index (κ2) is 9.59. The summed E-state index contributed by atoms with van der Waals surface area (Å²) in [6.07, 6.45) is 5.44. The molecule has 0 saturated heterocycles. The summed E-state index contributed by atoms with van der Waals surface area (Å²) >= 11 is 0. The number of hydrogen-bond acceptors (Lipinski definition) is 8. The monoisotopic (exact) mass is 496 g/mol. The van der Waals surface area contributed by atoms with Crippen molar-refractivity contribution in [3.05, 3.63) is 89.3 Å². The molecule has 0 radical (unpaired) electrons. The number of fused-ring (bicyclic) bond motifs is 2. The third kappa shape index (κ3) is 4.17. The zero-order valence-corrected chi connectivity index (χ0v) is 20.7. The molecule has 3 N–H and O–H groups in total. The molecule has 188 valence electrons. The molecule has 0 amide bonds. The second-order valence-corrected chi connectivity index (χ2v) is 9.10. The van der Waals surface area contributed by atoms with E-state index in [4.69, 9.17) is 34.7 Å². The first kappa shape index (κ1) is 23.1. The number of nitrogens with zero attached hydrogens (tertiary/aromatic N) is 4. The number of methoxy groups -OCH3 is 2. The lowest BCUT2D eigenvalue weighted by Crippen LogP contribution is -2.20. The summed E-state index contributed by atoms with van der Waals surface area (Å²) < 4.78 is 18.1. The van der Waals surface area contributed by atoms with Crippen molar-refractivity contribution in [1.29, 1.82) is 0 Å². The van der Waals surface area contributed by atoms with E-state index in [0.717, 1.165) is 24.0 Å². The van der Waals surface area contributed by atoms with Gasteiger partial charge in [-0.1, -0.05) is 30.3 Å². The standard InChI is InChI=1S/C28H28N6O3/c1-35-22-12-9-17(14-24(22)36-2)15-30-28-31-16-21(25(29)20-11-10-18-6-3-4-7-19(18)20)27-32-26(33-34(27)28)23-8-5-13-37-23/h3-9,12-14,16,20,25H,10-11,15,29H2,1-2H3,(H,30,31). The van der Waals surface area contributed by atoms with E-state index in [1.54, 1.807) is 25.0 Å². The molecule has 37 heavy (non-hydrogen) atoms. The van der Waals surface area contributed by atoms with Crippen LogP contribution in [0.1, 0.15) is 40.6 Å². The number of ether oxygens (including phenoxy) is 2. The van der Waals surface area contributed by atoms with Gasteiger partial charge >= 0.3 is 0 Å². The van der Waals surface area contributed by atoms with Crippen LogP contribution in [0, 0.1) is 0 Å². The fourth-order valence-corrected chi connectivity index (χ4v) is 5.11. The van der Waals surface area contributed by atoms with E-state index >= 15 is 0 Å². The van der Waals surface area contributed by atoms with Crippen molar-refractivity contribution in [3.8, 4) is 23.1 Å². The summed E-state index contributed by atoms with van der Waals surface area (Å²) in [5.74, 6) is 3.15. The predicted molar refractivity (Wildman–Crippen MR) is 140 cm³/mol. The van der Waals surface area contributed by atoms with Crippen LogP contribution in [-0.4, -0.2) is 33.8 Å². The van der Waals surface area contributed by atoms with Crippen LogP contribution < -0.4 is 20.5 Å². The third-order valence-corrected chi connectivity index (χ3v) is 7.00. The van der Waals surface area contributed by atoms with Crippen LogP contribution in [0.5, 0.6) is 11.5 Å². The van der Waals surface area contributed by atoms with E-state index in [1.165, 1.54) is 11.1 Å². The summed E-state index contributed by atoms with van der Waals surface area (Å²) in [5, 5.41) is 8.11. The van der Waals surface area contributed by atoms with Crippen LogP contribution >= 0.6 is 0 Å². The highest BCUT2D eigenvalue weighted by Gasteiger charge is 2.31. The van der Waals surface area contributed by atoms with Gasteiger partial charge in [0.1, 0.15) is 0 Å². The van der Waals surface area contributed by atoms with Crippen molar-refractivity contribution in [2.45, 2.75) is 31.3 Å². The normalized spacial score (nSPS) is 15.5. The van der Waals surface area contributed by atoms with Gasteiger partial charge in [0.15, 0.2) is 22.9 Å². The van der Waals surface area contributed by atoms with Crippen molar-refractivity contribution in [2.24, 2.45) is 5.73 Å². The van der Waals surface area contributed by atoms with Crippen molar-refractivity contribution in [1.82, 2.24) is 19.6 Å². The van der Waals surface area contributed by atoms with Crippen LogP contribution in [0.3, 0.4) is 0 Å². The molecule has 5 aromatic rings. The number of benzene rings is 2. The minimum atomic E-state index is -0.271. The van der Waals surface area contributed by atoms with Crippen LogP contribution in [0.2, 0.25) is 0 Å². The SMILES string of the molecule is COc1ccc(CNc2ncc(C(N)C3CCc4ccccc43)c3nc(-c4ccco4)nn23)cc1OC. The van der Waals surface area contributed by atoms with Gasteiger partial charge in [0, 0.05) is 30.3 Å². The number of rotatable bonds is 8. The van der Waals surface area contributed by atoms with Crippen LogP contribution in [-0.2, 0) is 13.0 Å². The lowest BCUT2D eigenvalue weighted by atomic mass is 9.90. The average molecular weight is 497 g/mol. The molecule has 0 aliphatic heterocycles. The lowest BCUT2D eigenvalue weighted by Gasteiger charge is -2.21. The fourth-order valence-electron chi connectivity index (χ4n) is 5.11. The molecule has 0 bridgehead atoms. The van der Waals surface area contributed by atoms with E-state index in [9.17, 15) is 0 Å². The molecule has 9 nitrogen and oxygen atoms in total. The van der Waals surface area contributed by atoms with Crippen LogP contribution in [0.4, 0.5) is 5.95 Å². The Bertz CT molecular complexity index is 1550. The number of anilines is 1. The van der Waals surface area contributed by atoms with Crippen molar-refractivity contribution in [2.75, 3.05) is 19.5 Å². The van der Waals surface area contributed by atoms with Gasteiger partial charge in [0.05, 0.1) is 20.5 Å². The Labute approximate surface area is 214 Å². The topological polar surface area (TPSA) is 113 Å². The molecule has 2 aromatic carbocycles. The van der Waals surface area contributed by atoms with Gasteiger partial charge in [0.2, 0.25) is 11.8 Å². The maximum atomic E-state index is 6.89. The average Bonchev–Trinajstić information content (AvgIpc) is 3.70. The number of nitrogens with one attached hydrogen (secondary N) is 1. The van der Waals surface area contributed by atoms with Crippen LogP contribution in [0.25, 0.3) is 17.2 Å². The highest BCUT2D eigenvalue weighted by atomic mass is 16.5. The molecule has 2 unspecified atom stereocenters. The van der Waals surface area contributed by atoms with Gasteiger partial charge < -0.3 is 24.9 Å². The molecular formula is C28H28N6O3. The Balaban J connectivity index is 1.36. The van der Waals surface area contributed by atoms with Gasteiger partial charge in [-0.15, -0.1) is 5.10 Å². The number of nitrogens with two attached hydrogens (primary N) is 1. The number of furan rings is 1. The molecule has 0 saturated carbocycles. The third-order valence-electron chi connectivity index (χ3n) is 7.00. The number of aryl methyl sites for hydroxylation is 1. The predicted octanol–water partition coefficient (Wildman–Crippen LogP) is 4.74. The highest BCUT2D eigenvalue weighted by molar-refractivity contribution is 5.59. The molecule has 1 aliphatic rings. The smallest absolute Gasteiger partial charge is 0.226 e. The molecule has 6 rings (SSSR count). The quantitative estimate of drug-likeness (QED) is 0.317. The minimum Gasteiger partial charge on any atom is -0.493 e. The minimum absolute atomic E-state index is 0.191. The number of hydrogen-bond donors (Lipinski definition) is 2. The maximum absolute atomic E-state index is 6.89. The lowest BCUT2D eigenvalue weighted by molar-refractivity contribution is 0.354. The Hall–Kier alpha value is -4.37. The second-order valence-electron chi connectivity index (χ2n) is 9.10. The van der Waals surface area contributed by atoms with Crippen molar-refractivity contribution in [3.63, 3.8) is 0 Å². The maximum Gasteiger partial charge on any atom is 0.226 e. The van der Waals surface area contributed by atoms with Gasteiger partial charge in [-0.25, -0.2) is 9.97 Å². The first-order chi connectivity index (χ1) is 18.2. The summed E-state index contributed by atoms with van der Waals surface area (Å²) in [6.45, 7) is 0.500. The molecule has 3 aromatic heterocycles. The van der Waals surface area contributed by atoms with Crippen molar-refractivity contribution >= 4 is 11.6 Å². The molecule has 0 fully saturated rings. The van der Waals surface area contributed by atoms with E-state index in [2.05, 4.69) is 29.6 Å². The summed E-state index contributed by atoms with van der Waals surface area (Å²) in [5.41, 5.74) is 12.1. The first-order valence-corrected chi connectivity index (χ1v) is 12.2. The van der Waals surface area contributed by atoms with Gasteiger partial charge in [-0.05, 0) is 53.8 Å². The molecule has 0 spiro atoms. The fraction of sp³-hybridized carbons (Fsp3) is 0.250. The number of aromatic nitrogens is 4. The zero-order valence-electron chi connectivity index (χ0n) is 20.7. The molecule has 9 heteroatoms. The largest absolute Gasteiger partial charge is 0.493 e. The zero-order chi connectivity index (χ0) is 25.4.